The molecule has 0 radical (unpaired) electrons. The number of rotatable bonds is 3. The normalized spacial score (nSPS) is 10.8. The Morgan fingerprint density at radius 2 is 1.75 bits per heavy atom. The first kappa shape index (κ1) is 14.2. The van der Waals surface area contributed by atoms with E-state index in [0.29, 0.717) is 5.75 Å². The molecule has 0 atom stereocenters. The summed E-state index contributed by atoms with van der Waals surface area (Å²) in [6.45, 7) is 0. The van der Waals surface area contributed by atoms with Gasteiger partial charge in [0.1, 0.15) is 11.4 Å². The maximum Gasteiger partial charge on any atom is 0.416 e. The second-order valence-corrected chi connectivity index (χ2v) is 3.98. The van der Waals surface area contributed by atoms with Crippen molar-refractivity contribution in [3.63, 3.8) is 0 Å². The minimum atomic E-state index is -4.45. The van der Waals surface area contributed by atoms with E-state index in [1.165, 1.54) is 6.07 Å². The molecule has 0 aliphatic heterocycles. The van der Waals surface area contributed by atoms with Gasteiger partial charge in [-0.2, -0.15) is 18.2 Å². The predicted molar refractivity (Wildman–Crippen MR) is 72.6 cm³/mol. The van der Waals surface area contributed by atoms with Crippen LogP contribution < -0.4 is 4.74 Å². The Morgan fingerprint density at radius 1 is 1.05 bits per heavy atom. The van der Waals surface area contributed by atoms with E-state index in [4.69, 9.17) is 4.74 Å². The van der Waals surface area contributed by atoms with Crippen LogP contribution in [-0.4, -0.2) is 5.16 Å². The van der Waals surface area contributed by atoms with Gasteiger partial charge in [-0.25, -0.2) is 0 Å². The topological polar surface area (TPSA) is 21.6 Å². The number of alkyl halides is 3. The van der Waals surface area contributed by atoms with Crippen molar-refractivity contribution in [2.75, 3.05) is 0 Å². The molecule has 6 heteroatoms. The van der Waals surface area contributed by atoms with Crippen LogP contribution in [0.3, 0.4) is 0 Å². The highest BCUT2D eigenvalue weighted by atomic mass is 32.1. The molecule has 0 bridgehead atoms. The number of ether oxygens (including phenoxy) is 1. The molecule has 0 saturated carbocycles. The molecule has 2 nitrogen and oxygen atoms in total. The Labute approximate surface area is 118 Å². The second kappa shape index (κ2) is 5.86. The summed E-state index contributed by atoms with van der Waals surface area (Å²) in [7, 11) is 0. The zero-order valence-corrected chi connectivity index (χ0v) is 10.8. The second-order valence-electron chi connectivity index (χ2n) is 3.80. The molecule has 0 aromatic heterocycles. The van der Waals surface area contributed by atoms with Crippen molar-refractivity contribution >= 4 is 23.1 Å². The van der Waals surface area contributed by atoms with Crippen molar-refractivity contribution < 1.29 is 17.9 Å². The number of hydrogen-bond acceptors (Lipinski definition) is 3. The minimum absolute atomic E-state index is 0.0151. The number of aliphatic imine (C=N–C) groups is 1. The Hall–Kier alpha value is -2.17. The summed E-state index contributed by atoms with van der Waals surface area (Å²) in [5.41, 5.74) is -0.833. The van der Waals surface area contributed by atoms with Crippen LogP contribution in [0.25, 0.3) is 0 Å². The van der Waals surface area contributed by atoms with Gasteiger partial charge in [0.05, 0.1) is 10.7 Å². The molecule has 0 amide bonds. The summed E-state index contributed by atoms with van der Waals surface area (Å²) >= 11 is 4.44. The fraction of sp³-hybridized carbons (Fsp3) is 0.0714. The van der Waals surface area contributed by atoms with E-state index >= 15 is 0 Å². The molecule has 20 heavy (non-hydrogen) atoms. The van der Waals surface area contributed by atoms with Gasteiger partial charge < -0.3 is 4.74 Å². The number of halogens is 3. The van der Waals surface area contributed by atoms with Crippen molar-refractivity contribution in [1.82, 2.24) is 0 Å². The molecule has 2 rings (SSSR count). The van der Waals surface area contributed by atoms with Gasteiger partial charge in [-0.3, -0.25) is 0 Å². The first-order valence-corrected chi connectivity index (χ1v) is 5.93. The molecule has 0 heterocycles. The first-order chi connectivity index (χ1) is 9.50. The zero-order chi connectivity index (χ0) is 14.6. The highest BCUT2D eigenvalue weighted by molar-refractivity contribution is 7.78. The quantitative estimate of drug-likeness (QED) is 0.571. The third-order valence-corrected chi connectivity index (χ3v) is 2.51. The molecule has 0 N–H and O–H groups in total. The van der Waals surface area contributed by atoms with Crippen molar-refractivity contribution in [3.05, 3.63) is 54.1 Å². The van der Waals surface area contributed by atoms with Gasteiger partial charge in [0, 0.05) is 0 Å². The average molecular weight is 295 g/mol. The first-order valence-electron chi connectivity index (χ1n) is 5.53. The third kappa shape index (κ3) is 3.44. The molecular formula is C14H8F3NOS. The maximum absolute atomic E-state index is 12.6. The number of nitrogens with zero attached hydrogens (tertiary/aromatic N) is 1. The predicted octanol–water partition coefficient (Wildman–Crippen LogP) is 5.23. The number of benzene rings is 2. The van der Waals surface area contributed by atoms with E-state index in [1.54, 1.807) is 30.3 Å². The molecule has 0 aliphatic carbocycles. The summed E-state index contributed by atoms with van der Waals surface area (Å²) in [6, 6.07) is 11.7. The van der Waals surface area contributed by atoms with Crippen LogP contribution in [0.15, 0.2) is 53.5 Å². The number of isothiocyanates is 1. The lowest BCUT2D eigenvalue weighted by atomic mass is 10.2. The molecule has 102 valence electrons. The SMILES string of the molecule is FC(F)(F)c1ccc(Oc2ccccc2)c(N=C=S)c1. The van der Waals surface area contributed by atoms with E-state index < -0.39 is 11.7 Å². The summed E-state index contributed by atoms with van der Waals surface area (Å²) < 4.78 is 43.4. The van der Waals surface area contributed by atoms with Crippen LogP contribution in [0.1, 0.15) is 5.56 Å². The summed E-state index contributed by atoms with van der Waals surface area (Å²) in [6.07, 6.45) is -4.45. The lowest BCUT2D eigenvalue weighted by Crippen LogP contribution is -2.04. The monoisotopic (exact) mass is 295 g/mol. The summed E-state index contributed by atoms with van der Waals surface area (Å²) in [4.78, 5) is 3.62. The van der Waals surface area contributed by atoms with Gasteiger partial charge in [-0.05, 0) is 42.5 Å². The van der Waals surface area contributed by atoms with Gasteiger partial charge in [-0.1, -0.05) is 18.2 Å². The minimum Gasteiger partial charge on any atom is -0.455 e. The number of hydrogen-bond donors (Lipinski definition) is 0. The van der Waals surface area contributed by atoms with Gasteiger partial charge in [0.2, 0.25) is 0 Å². The summed E-state index contributed by atoms with van der Waals surface area (Å²) in [5.74, 6) is 0.676. The van der Waals surface area contributed by atoms with E-state index in [1.807, 2.05) is 5.16 Å². The molecule has 2 aromatic carbocycles. The van der Waals surface area contributed by atoms with E-state index in [9.17, 15) is 13.2 Å². The van der Waals surface area contributed by atoms with Crippen molar-refractivity contribution in [1.29, 1.82) is 0 Å². The van der Waals surface area contributed by atoms with Crippen LogP contribution >= 0.6 is 12.2 Å². The van der Waals surface area contributed by atoms with E-state index in [0.717, 1.165) is 12.1 Å². The molecule has 0 spiro atoms. The molecule has 0 fully saturated rings. The Balaban J connectivity index is 2.40. The van der Waals surface area contributed by atoms with Gasteiger partial charge in [0.15, 0.2) is 5.75 Å². The molecule has 2 aromatic rings. The summed E-state index contributed by atoms with van der Waals surface area (Å²) in [5, 5.41) is 2.05. The van der Waals surface area contributed by atoms with Crippen molar-refractivity contribution in [2.24, 2.45) is 4.99 Å². The molecule has 0 aliphatic rings. The number of para-hydroxylation sites is 1. The Kier molecular flexibility index (Phi) is 4.17. The smallest absolute Gasteiger partial charge is 0.416 e. The Bertz CT molecular complexity index is 649. The lowest BCUT2D eigenvalue weighted by Gasteiger charge is -2.11. The third-order valence-electron chi connectivity index (χ3n) is 2.42. The molecular weight excluding hydrogens is 287 g/mol. The van der Waals surface area contributed by atoms with E-state index in [-0.39, 0.29) is 11.4 Å². The van der Waals surface area contributed by atoms with Gasteiger partial charge >= 0.3 is 6.18 Å². The van der Waals surface area contributed by atoms with Crippen molar-refractivity contribution in [3.8, 4) is 11.5 Å². The van der Waals surface area contributed by atoms with Crippen LogP contribution in [0, 0.1) is 0 Å². The molecule has 0 saturated heterocycles. The van der Waals surface area contributed by atoms with Crippen LogP contribution in [0.4, 0.5) is 18.9 Å². The lowest BCUT2D eigenvalue weighted by molar-refractivity contribution is -0.137. The fourth-order valence-corrected chi connectivity index (χ4v) is 1.63. The van der Waals surface area contributed by atoms with Crippen LogP contribution in [0.2, 0.25) is 0 Å². The maximum atomic E-state index is 12.6. The Morgan fingerprint density at radius 3 is 2.35 bits per heavy atom. The van der Waals surface area contributed by atoms with E-state index in [2.05, 4.69) is 17.2 Å². The average Bonchev–Trinajstić information content (AvgIpc) is 2.41. The van der Waals surface area contributed by atoms with Crippen molar-refractivity contribution in [2.45, 2.75) is 6.18 Å². The largest absolute Gasteiger partial charge is 0.455 e. The van der Waals surface area contributed by atoms with Gasteiger partial charge in [0.25, 0.3) is 0 Å². The highest BCUT2D eigenvalue weighted by Crippen LogP contribution is 2.37. The zero-order valence-electron chi connectivity index (χ0n) is 10.0. The van der Waals surface area contributed by atoms with Gasteiger partial charge in [-0.15, -0.1) is 0 Å². The fourth-order valence-electron chi connectivity index (χ4n) is 1.53. The standard InChI is InChI=1S/C14H8F3NOS/c15-14(16,17)10-6-7-13(12(8-10)18-9-20)19-11-4-2-1-3-5-11/h1-8H. The number of thiocarbonyl (C=S) groups is 1. The molecule has 0 unspecified atom stereocenters. The highest BCUT2D eigenvalue weighted by Gasteiger charge is 2.31. The van der Waals surface area contributed by atoms with Crippen LogP contribution in [-0.2, 0) is 6.18 Å². The van der Waals surface area contributed by atoms with Crippen LogP contribution in [0.5, 0.6) is 11.5 Å².